The summed E-state index contributed by atoms with van der Waals surface area (Å²) in [5.41, 5.74) is -0.484. The van der Waals surface area contributed by atoms with Gasteiger partial charge < -0.3 is 4.74 Å². The lowest BCUT2D eigenvalue weighted by Crippen LogP contribution is -2.15. The molecule has 0 saturated carbocycles. The second-order valence-corrected chi connectivity index (χ2v) is 5.56. The molecule has 0 atom stereocenters. The molecule has 2 rings (SSSR count). The van der Waals surface area contributed by atoms with Crippen LogP contribution >= 0.6 is 0 Å². The maximum absolute atomic E-state index is 12.1. The van der Waals surface area contributed by atoms with Gasteiger partial charge in [-0.25, -0.2) is 0 Å². The number of hydrogen-bond acceptors (Lipinski definition) is 5. The molecule has 0 spiro atoms. The van der Waals surface area contributed by atoms with E-state index in [0.717, 1.165) is 18.9 Å². The molecule has 0 bridgehead atoms. The molecule has 0 aliphatic carbocycles. The Kier molecular flexibility index (Phi) is 3.79. The van der Waals surface area contributed by atoms with E-state index >= 15 is 0 Å². The highest BCUT2D eigenvalue weighted by molar-refractivity contribution is 7.90. The van der Waals surface area contributed by atoms with Gasteiger partial charge in [0.05, 0.1) is 11.5 Å². The van der Waals surface area contributed by atoms with Gasteiger partial charge >= 0.3 is 0 Å². The van der Waals surface area contributed by atoms with Crippen molar-refractivity contribution in [3.63, 3.8) is 0 Å². The van der Waals surface area contributed by atoms with Crippen LogP contribution < -0.4 is 0 Å². The summed E-state index contributed by atoms with van der Waals surface area (Å²) in [5, 5.41) is 10.8. The van der Waals surface area contributed by atoms with Crippen molar-refractivity contribution in [2.24, 2.45) is 4.40 Å². The van der Waals surface area contributed by atoms with E-state index in [2.05, 4.69) is 4.40 Å². The van der Waals surface area contributed by atoms with Crippen molar-refractivity contribution >= 4 is 21.6 Å². The van der Waals surface area contributed by atoms with Crippen LogP contribution in [-0.4, -0.2) is 25.8 Å². The molecule has 1 aliphatic rings. The van der Waals surface area contributed by atoms with Crippen molar-refractivity contribution in [1.82, 2.24) is 0 Å². The van der Waals surface area contributed by atoms with Gasteiger partial charge in [0.2, 0.25) is 0 Å². The summed E-state index contributed by atoms with van der Waals surface area (Å²) < 4.78 is 32.8. The molecular formula is C11H12N2O5S. The molecule has 19 heavy (non-hydrogen) atoms. The minimum Gasteiger partial charge on any atom is -0.480 e. The number of nitro benzene ring substituents is 1. The smallest absolute Gasteiger partial charge is 0.292 e. The van der Waals surface area contributed by atoms with Crippen molar-refractivity contribution in [3.05, 3.63) is 34.4 Å². The molecule has 0 N–H and O–H groups in total. The maximum atomic E-state index is 12.1. The fourth-order valence-electron chi connectivity index (χ4n) is 1.72. The average molecular weight is 284 g/mol. The molecule has 0 aromatic heterocycles. The first-order chi connectivity index (χ1) is 9.00. The van der Waals surface area contributed by atoms with Crippen molar-refractivity contribution in [1.29, 1.82) is 0 Å². The van der Waals surface area contributed by atoms with Gasteiger partial charge in [0, 0.05) is 12.5 Å². The summed E-state index contributed by atoms with van der Waals surface area (Å²) in [4.78, 5) is 9.67. The predicted octanol–water partition coefficient (Wildman–Crippen LogP) is 1.88. The van der Waals surface area contributed by atoms with E-state index in [1.165, 1.54) is 18.2 Å². The molecule has 0 amide bonds. The highest BCUT2D eigenvalue weighted by Gasteiger charge is 2.26. The summed E-state index contributed by atoms with van der Waals surface area (Å²) in [5.74, 6) is 0.115. The van der Waals surface area contributed by atoms with Gasteiger partial charge in [-0.15, -0.1) is 4.40 Å². The standard InChI is InChI=1S/C11H12N2O5S/c14-13(15)9-5-1-2-6-10(9)19(16,17)12-11-7-3-4-8-18-11/h1-2,5-6H,3-4,7-8H2/b12-11-. The summed E-state index contributed by atoms with van der Waals surface area (Å²) in [6.45, 7) is 0.422. The SMILES string of the molecule is O=[N+]([O-])c1ccccc1S(=O)(=O)/N=C1/CCCCO1. The molecule has 102 valence electrons. The maximum Gasteiger partial charge on any atom is 0.292 e. The number of hydrogen-bond donors (Lipinski definition) is 0. The van der Waals surface area contributed by atoms with Crippen molar-refractivity contribution in [2.75, 3.05) is 6.61 Å². The summed E-state index contributed by atoms with van der Waals surface area (Å²) in [6, 6.07) is 5.12. The van der Waals surface area contributed by atoms with Crippen LogP contribution in [0.2, 0.25) is 0 Å². The summed E-state index contributed by atoms with van der Waals surface area (Å²) in [6.07, 6.45) is 2.08. The Labute approximate surface area is 110 Å². The van der Waals surface area contributed by atoms with Crippen LogP contribution in [0, 0.1) is 10.1 Å². The minimum absolute atomic E-state index is 0.115. The fraction of sp³-hybridized carbons (Fsp3) is 0.364. The van der Waals surface area contributed by atoms with Gasteiger partial charge in [-0.3, -0.25) is 10.1 Å². The van der Waals surface area contributed by atoms with Crippen LogP contribution in [0.5, 0.6) is 0 Å². The fourth-order valence-corrected chi connectivity index (χ4v) is 2.89. The quantitative estimate of drug-likeness (QED) is 0.623. The zero-order valence-electron chi connectivity index (χ0n) is 9.98. The van der Waals surface area contributed by atoms with Gasteiger partial charge in [0.15, 0.2) is 10.8 Å². The minimum atomic E-state index is -4.11. The van der Waals surface area contributed by atoms with E-state index in [-0.39, 0.29) is 5.90 Å². The molecule has 8 heteroatoms. The van der Waals surface area contributed by atoms with E-state index in [1.54, 1.807) is 0 Å². The lowest BCUT2D eigenvalue weighted by Gasteiger charge is -2.13. The van der Waals surface area contributed by atoms with Crippen LogP contribution in [-0.2, 0) is 14.8 Å². The van der Waals surface area contributed by atoms with E-state index < -0.39 is 25.5 Å². The van der Waals surface area contributed by atoms with Crippen molar-refractivity contribution < 1.29 is 18.1 Å². The predicted molar refractivity (Wildman–Crippen MR) is 67.5 cm³/mol. The van der Waals surface area contributed by atoms with Gasteiger partial charge in [0.25, 0.3) is 15.7 Å². The second-order valence-electron chi connectivity index (χ2n) is 3.99. The largest absolute Gasteiger partial charge is 0.480 e. The molecule has 0 radical (unpaired) electrons. The lowest BCUT2D eigenvalue weighted by atomic mass is 10.2. The number of benzene rings is 1. The lowest BCUT2D eigenvalue weighted by molar-refractivity contribution is -0.387. The number of nitro groups is 1. The van der Waals surface area contributed by atoms with Gasteiger partial charge in [0.1, 0.15) is 0 Å². The third kappa shape index (κ3) is 3.08. The van der Waals surface area contributed by atoms with Gasteiger partial charge in [-0.05, 0) is 18.9 Å². The highest BCUT2D eigenvalue weighted by atomic mass is 32.2. The molecule has 1 aromatic carbocycles. The topological polar surface area (TPSA) is 98.9 Å². The number of nitrogens with zero attached hydrogens (tertiary/aromatic N) is 2. The zero-order chi connectivity index (χ0) is 13.9. The Morgan fingerprint density at radius 2 is 2.00 bits per heavy atom. The Morgan fingerprint density at radius 1 is 1.26 bits per heavy atom. The number of ether oxygens (including phenoxy) is 1. The normalized spacial score (nSPS) is 18.0. The number of para-hydroxylation sites is 1. The van der Waals surface area contributed by atoms with Crippen LogP contribution in [0.3, 0.4) is 0 Å². The second kappa shape index (κ2) is 5.35. The monoisotopic (exact) mass is 284 g/mol. The Bertz CT molecular complexity index is 616. The molecule has 1 saturated heterocycles. The van der Waals surface area contributed by atoms with Crippen LogP contribution in [0.4, 0.5) is 5.69 Å². The van der Waals surface area contributed by atoms with E-state index in [4.69, 9.17) is 4.74 Å². The van der Waals surface area contributed by atoms with Crippen molar-refractivity contribution in [3.8, 4) is 0 Å². The molecule has 1 fully saturated rings. The first kappa shape index (κ1) is 13.5. The third-order valence-electron chi connectivity index (χ3n) is 2.62. The number of rotatable bonds is 3. The third-order valence-corrected chi connectivity index (χ3v) is 3.96. The summed E-state index contributed by atoms with van der Waals surface area (Å²) in [7, 11) is -4.11. The molecule has 7 nitrogen and oxygen atoms in total. The highest BCUT2D eigenvalue weighted by Crippen LogP contribution is 2.25. The molecule has 1 aromatic rings. The first-order valence-corrected chi connectivity index (χ1v) is 7.15. The van der Waals surface area contributed by atoms with Crippen molar-refractivity contribution in [2.45, 2.75) is 24.2 Å². The van der Waals surface area contributed by atoms with E-state index in [1.807, 2.05) is 0 Å². The average Bonchev–Trinajstić information content (AvgIpc) is 2.39. The Hall–Kier alpha value is -1.96. The van der Waals surface area contributed by atoms with Gasteiger partial charge in [-0.1, -0.05) is 12.1 Å². The molecule has 1 heterocycles. The van der Waals surface area contributed by atoms with E-state index in [9.17, 15) is 18.5 Å². The van der Waals surface area contributed by atoms with Crippen LogP contribution in [0.1, 0.15) is 19.3 Å². The number of sulfonamides is 1. The molecule has 1 aliphatic heterocycles. The molecular weight excluding hydrogens is 272 g/mol. The first-order valence-electron chi connectivity index (χ1n) is 5.71. The van der Waals surface area contributed by atoms with Gasteiger partial charge in [-0.2, -0.15) is 8.42 Å². The Morgan fingerprint density at radius 3 is 2.63 bits per heavy atom. The summed E-state index contributed by atoms with van der Waals surface area (Å²) >= 11 is 0. The zero-order valence-corrected chi connectivity index (χ0v) is 10.8. The Balaban J connectivity index is 2.42. The van der Waals surface area contributed by atoms with Crippen LogP contribution in [0.15, 0.2) is 33.6 Å². The van der Waals surface area contributed by atoms with Crippen LogP contribution in [0.25, 0.3) is 0 Å². The van der Waals surface area contributed by atoms with E-state index in [0.29, 0.717) is 13.0 Å². The molecule has 0 unspecified atom stereocenters.